The summed E-state index contributed by atoms with van der Waals surface area (Å²) < 4.78 is 1.96. The van der Waals surface area contributed by atoms with E-state index in [1.807, 2.05) is 4.68 Å². The molecular formula is C17H25N5. The van der Waals surface area contributed by atoms with E-state index in [0.29, 0.717) is 0 Å². The van der Waals surface area contributed by atoms with Gasteiger partial charge in [-0.1, -0.05) is 44.4 Å². The average molecular weight is 299 g/mol. The number of tetrazole rings is 1. The normalized spacial score (nSPS) is 17.6. The van der Waals surface area contributed by atoms with Gasteiger partial charge in [-0.2, -0.15) is 4.68 Å². The van der Waals surface area contributed by atoms with E-state index in [1.54, 1.807) is 0 Å². The van der Waals surface area contributed by atoms with Crippen LogP contribution in [-0.2, 0) is 5.54 Å². The third-order valence-corrected chi connectivity index (χ3v) is 4.77. The number of nitrogens with one attached hydrogen (secondary N) is 1. The van der Waals surface area contributed by atoms with Gasteiger partial charge in [-0.15, -0.1) is 5.10 Å². The molecule has 0 atom stereocenters. The zero-order valence-corrected chi connectivity index (χ0v) is 13.8. The van der Waals surface area contributed by atoms with Gasteiger partial charge in [0.1, 0.15) is 0 Å². The number of rotatable bonds is 4. The van der Waals surface area contributed by atoms with Gasteiger partial charge in [0.25, 0.3) is 0 Å². The van der Waals surface area contributed by atoms with Crippen LogP contribution in [0.3, 0.4) is 0 Å². The van der Waals surface area contributed by atoms with Crippen molar-refractivity contribution in [1.82, 2.24) is 25.5 Å². The number of aryl methyl sites for hydroxylation is 2. The Kier molecular flexibility index (Phi) is 4.25. The molecular weight excluding hydrogens is 274 g/mol. The molecule has 0 amide bonds. The van der Waals surface area contributed by atoms with Crippen LogP contribution in [0.4, 0.5) is 0 Å². The molecule has 5 nitrogen and oxygen atoms in total. The summed E-state index contributed by atoms with van der Waals surface area (Å²) >= 11 is 0. The average Bonchev–Trinajstić information content (AvgIpc) is 2.98. The van der Waals surface area contributed by atoms with Crippen LogP contribution < -0.4 is 5.32 Å². The van der Waals surface area contributed by atoms with Gasteiger partial charge in [0.05, 0.1) is 11.2 Å². The molecule has 0 aliphatic heterocycles. The minimum Gasteiger partial charge on any atom is -0.305 e. The smallest absolute Gasteiger partial charge is 0.176 e. The summed E-state index contributed by atoms with van der Waals surface area (Å²) in [5, 5.41) is 16.4. The van der Waals surface area contributed by atoms with E-state index in [9.17, 15) is 0 Å². The highest BCUT2D eigenvalue weighted by molar-refractivity contribution is 5.47. The SMILES string of the molecule is CCNC1(c2nnnn2-c2c(C)cccc2C)CCCCC1. The van der Waals surface area contributed by atoms with Gasteiger partial charge in [0.15, 0.2) is 5.82 Å². The molecule has 0 bridgehead atoms. The third kappa shape index (κ3) is 2.54. The quantitative estimate of drug-likeness (QED) is 0.942. The predicted molar refractivity (Wildman–Crippen MR) is 87.1 cm³/mol. The van der Waals surface area contributed by atoms with Gasteiger partial charge >= 0.3 is 0 Å². The molecule has 3 rings (SSSR count). The molecule has 2 aromatic rings. The van der Waals surface area contributed by atoms with Crippen molar-refractivity contribution in [2.45, 2.75) is 58.4 Å². The zero-order chi connectivity index (χ0) is 15.6. The van der Waals surface area contributed by atoms with Crippen molar-refractivity contribution in [2.24, 2.45) is 0 Å². The second-order valence-corrected chi connectivity index (χ2v) is 6.33. The van der Waals surface area contributed by atoms with E-state index in [1.165, 1.54) is 30.4 Å². The van der Waals surface area contributed by atoms with Gasteiger partial charge in [0, 0.05) is 0 Å². The largest absolute Gasteiger partial charge is 0.305 e. The van der Waals surface area contributed by atoms with E-state index in [0.717, 1.165) is 30.9 Å². The lowest BCUT2D eigenvalue weighted by Gasteiger charge is -2.36. The molecule has 5 heteroatoms. The molecule has 1 saturated carbocycles. The molecule has 1 aromatic heterocycles. The molecule has 1 aromatic carbocycles. The van der Waals surface area contributed by atoms with Gasteiger partial charge in [0.2, 0.25) is 0 Å². The van der Waals surface area contributed by atoms with E-state index in [2.05, 4.69) is 59.8 Å². The van der Waals surface area contributed by atoms with Crippen LogP contribution in [0.1, 0.15) is 56.0 Å². The first-order valence-corrected chi connectivity index (χ1v) is 8.28. The number of hydrogen-bond donors (Lipinski definition) is 1. The Labute approximate surface area is 132 Å². The maximum absolute atomic E-state index is 4.43. The summed E-state index contributed by atoms with van der Waals surface area (Å²) in [6.45, 7) is 7.33. The van der Waals surface area contributed by atoms with Crippen molar-refractivity contribution in [3.63, 3.8) is 0 Å². The monoisotopic (exact) mass is 299 g/mol. The predicted octanol–water partition coefficient (Wildman–Crippen LogP) is 3.05. The van der Waals surface area contributed by atoms with Crippen LogP contribution in [0.5, 0.6) is 0 Å². The minimum absolute atomic E-state index is 0.0920. The topological polar surface area (TPSA) is 55.6 Å². The maximum Gasteiger partial charge on any atom is 0.176 e. The standard InChI is InChI=1S/C17H25N5/c1-4-18-17(11-6-5-7-12-17)16-19-20-21-22(16)15-13(2)9-8-10-14(15)3/h8-10,18H,4-7,11-12H2,1-3H3. The summed E-state index contributed by atoms with van der Waals surface area (Å²) in [5.41, 5.74) is 3.43. The summed E-state index contributed by atoms with van der Waals surface area (Å²) in [5.74, 6) is 0.964. The first kappa shape index (κ1) is 15.2. The van der Waals surface area contributed by atoms with E-state index >= 15 is 0 Å². The third-order valence-electron chi connectivity index (χ3n) is 4.77. The number of para-hydroxylation sites is 1. The fourth-order valence-corrected chi connectivity index (χ4v) is 3.75. The van der Waals surface area contributed by atoms with E-state index < -0.39 is 0 Å². The molecule has 118 valence electrons. The van der Waals surface area contributed by atoms with Crippen molar-refractivity contribution < 1.29 is 0 Å². The summed E-state index contributed by atoms with van der Waals surface area (Å²) in [6, 6.07) is 6.32. The van der Waals surface area contributed by atoms with Crippen LogP contribution in [0, 0.1) is 13.8 Å². The van der Waals surface area contributed by atoms with Crippen LogP contribution in [0.25, 0.3) is 5.69 Å². The first-order valence-electron chi connectivity index (χ1n) is 8.28. The van der Waals surface area contributed by atoms with Crippen LogP contribution >= 0.6 is 0 Å². The van der Waals surface area contributed by atoms with Gasteiger partial charge in [-0.25, -0.2) is 0 Å². The highest BCUT2D eigenvalue weighted by Gasteiger charge is 2.38. The molecule has 22 heavy (non-hydrogen) atoms. The van der Waals surface area contributed by atoms with Crippen LogP contribution in [0.2, 0.25) is 0 Å². The second kappa shape index (κ2) is 6.16. The molecule has 0 radical (unpaired) electrons. The summed E-state index contributed by atoms with van der Waals surface area (Å²) in [7, 11) is 0. The van der Waals surface area contributed by atoms with Crippen molar-refractivity contribution in [2.75, 3.05) is 6.54 Å². The van der Waals surface area contributed by atoms with E-state index in [-0.39, 0.29) is 5.54 Å². The number of hydrogen-bond acceptors (Lipinski definition) is 4. The Morgan fingerprint density at radius 2 is 1.82 bits per heavy atom. The Morgan fingerprint density at radius 3 is 2.45 bits per heavy atom. The van der Waals surface area contributed by atoms with Crippen molar-refractivity contribution in [3.8, 4) is 5.69 Å². The number of nitrogens with zero attached hydrogens (tertiary/aromatic N) is 4. The van der Waals surface area contributed by atoms with Crippen LogP contribution in [0.15, 0.2) is 18.2 Å². The van der Waals surface area contributed by atoms with Gasteiger partial charge in [-0.05, 0) is 54.8 Å². The molecule has 1 fully saturated rings. The highest BCUT2D eigenvalue weighted by Crippen LogP contribution is 2.37. The fourth-order valence-electron chi connectivity index (χ4n) is 3.75. The summed E-state index contributed by atoms with van der Waals surface area (Å²) in [4.78, 5) is 0. The lowest BCUT2D eigenvalue weighted by Crippen LogP contribution is -2.46. The first-order chi connectivity index (χ1) is 10.7. The van der Waals surface area contributed by atoms with Gasteiger partial charge in [-0.3, -0.25) is 0 Å². The molecule has 1 heterocycles. The van der Waals surface area contributed by atoms with E-state index in [4.69, 9.17) is 0 Å². The van der Waals surface area contributed by atoms with Crippen LogP contribution in [-0.4, -0.2) is 26.8 Å². The fraction of sp³-hybridized carbons (Fsp3) is 0.588. The number of aromatic nitrogens is 4. The number of benzene rings is 1. The molecule has 0 unspecified atom stereocenters. The second-order valence-electron chi connectivity index (χ2n) is 6.33. The lowest BCUT2D eigenvalue weighted by atomic mass is 9.80. The molecule has 1 aliphatic carbocycles. The Balaban J connectivity index is 2.11. The van der Waals surface area contributed by atoms with Crippen molar-refractivity contribution in [1.29, 1.82) is 0 Å². The Morgan fingerprint density at radius 1 is 1.14 bits per heavy atom. The minimum atomic E-state index is -0.0920. The maximum atomic E-state index is 4.43. The zero-order valence-electron chi connectivity index (χ0n) is 13.8. The highest BCUT2D eigenvalue weighted by atomic mass is 15.6. The Hall–Kier alpha value is -1.75. The molecule has 0 spiro atoms. The summed E-state index contributed by atoms with van der Waals surface area (Å²) in [6.07, 6.45) is 5.97. The van der Waals surface area contributed by atoms with Gasteiger partial charge < -0.3 is 5.32 Å². The molecule has 0 saturated heterocycles. The lowest BCUT2D eigenvalue weighted by molar-refractivity contribution is 0.220. The van der Waals surface area contributed by atoms with Crippen molar-refractivity contribution in [3.05, 3.63) is 35.2 Å². The Bertz CT molecular complexity index is 614. The molecule has 1 N–H and O–H groups in total. The van der Waals surface area contributed by atoms with Crippen molar-refractivity contribution >= 4 is 0 Å². The molecule has 1 aliphatic rings.